The van der Waals surface area contributed by atoms with Gasteiger partial charge in [0.05, 0.1) is 11.5 Å². The number of hydrogen-bond acceptors (Lipinski definition) is 5. The molecule has 1 atom stereocenters. The zero-order valence-corrected chi connectivity index (χ0v) is 14.2. The Bertz CT molecular complexity index is 851. The Morgan fingerprint density at radius 1 is 1.16 bits per heavy atom. The predicted octanol–water partition coefficient (Wildman–Crippen LogP) is 2.64. The van der Waals surface area contributed by atoms with Gasteiger partial charge in [0.2, 0.25) is 5.91 Å². The molecule has 7 heteroatoms. The highest BCUT2D eigenvalue weighted by molar-refractivity contribution is 8.14. The number of hydrogen-bond donors (Lipinski definition) is 1. The summed E-state index contributed by atoms with van der Waals surface area (Å²) >= 11 is 1.14. The average molecular weight is 353 g/mol. The summed E-state index contributed by atoms with van der Waals surface area (Å²) in [5, 5.41) is 2.95. The lowest BCUT2D eigenvalue weighted by Crippen LogP contribution is -2.26. The molecule has 1 unspecified atom stereocenters. The number of ketones is 1. The van der Waals surface area contributed by atoms with Crippen molar-refractivity contribution in [3.05, 3.63) is 54.1 Å². The third kappa shape index (κ3) is 4.19. The fraction of sp³-hybridized carbons (Fsp3) is 0.167. The van der Waals surface area contributed by atoms with Gasteiger partial charge in [-0.05, 0) is 30.3 Å². The highest BCUT2D eigenvalue weighted by Gasteiger charge is 2.26. The molecule has 0 fully saturated rings. The molecule has 126 valence electrons. The van der Waals surface area contributed by atoms with Crippen LogP contribution in [0.5, 0.6) is 0 Å². The molecule has 3 rings (SSSR count). The molecule has 2 aliphatic rings. The van der Waals surface area contributed by atoms with Gasteiger partial charge >= 0.3 is 0 Å². The molecule has 0 aromatic heterocycles. The minimum absolute atomic E-state index is 0.101. The number of benzene rings is 1. The third-order valence-corrected chi connectivity index (χ3v) is 4.40. The Balaban J connectivity index is 1.62. The summed E-state index contributed by atoms with van der Waals surface area (Å²) in [6.45, 7) is 1.42. The molecule has 1 heterocycles. The third-order valence-electron chi connectivity index (χ3n) is 3.56. The summed E-state index contributed by atoms with van der Waals surface area (Å²) in [5.74, 6) is -0.812. The normalized spacial score (nSPS) is 18.3. The molecule has 1 aromatic carbocycles. The van der Waals surface area contributed by atoms with Crippen LogP contribution in [0.25, 0.3) is 0 Å². The zero-order valence-electron chi connectivity index (χ0n) is 13.4. The SMILES string of the molecule is CC(=O)Nc1ccc(C(=O)CSC2=NC(=O)C3C=CC=CC3=N2)cc1. The fourth-order valence-corrected chi connectivity index (χ4v) is 3.12. The summed E-state index contributed by atoms with van der Waals surface area (Å²) in [5.41, 5.74) is 1.81. The summed E-state index contributed by atoms with van der Waals surface area (Å²) in [7, 11) is 0. The van der Waals surface area contributed by atoms with E-state index in [1.165, 1.54) is 6.92 Å². The monoisotopic (exact) mass is 353 g/mol. The van der Waals surface area contributed by atoms with Gasteiger partial charge in [0.1, 0.15) is 5.92 Å². The van der Waals surface area contributed by atoms with Crippen molar-refractivity contribution in [3.63, 3.8) is 0 Å². The number of fused-ring (bicyclic) bond motifs is 1. The molecule has 6 nitrogen and oxygen atoms in total. The lowest BCUT2D eigenvalue weighted by Gasteiger charge is -2.16. The average Bonchev–Trinajstić information content (AvgIpc) is 2.60. The number of nitrogens with one attached hydrogen (secondary N) is 1. The maximum atomic E-state index is 12.3. The molecular formula is C18H15N3O3S. The van der Waals surface area contributed by atoms with Gasteiger partial charge in [-0.25, -0.2) is 4.99 Å². The Morgan fingerprint density at radius 2 is 1.92 bits per heavy atom. The molecule has 25 heavy (non-hydrogen) atoms. The van der Waals surface area contributed by atoms with E-state index in [4.69, 9.17) is 0 Å². The standard InChI is InChI=1S/C18H15N3O3S/c1-11(22)19-13-8-6-12(7-9-13)16(23)10-25-18-20-15-5-3-2-4-14(15)17(24)21-18/h2-9,14H,10H2,1H3,(H,19,22). The van der Waals surface area contributed by atoms with E-state index in [0.29, 0.717) is 22.1 Å². The first-order valence-electron chi connectivity index (χ1n) is 7.62. The van der Waals surface area contributed by atoms with Crippen molar-refractivity contribution in [2.75, 3.05) is 11.1 Å². The first-order chi connectivity index (χ1) is 12.0. The second-order valence-corrected chi connectivity index (χ2v) is 6.40. The van der Waals surface area contributed by atoms with Crippen LogP contribution in [0.3, 0.4) is 0 Å². The maximum Gasteiger partial charge on any atom is 0.261 e. The second kappa shape index (κ2) is 7.40. The first-order valence-corrected chi connectivity index (χ1v) is 8.61. The molecule has 0 saturated carbocycles. The molecule has 1 aromatic rings. The van der Waals surface area contributed by atoms with Crippen molar-refractivity contribution < 1.29 is 14.4 Å². The number of carbonyl (C=O) groups excluding carboxylic acids is 3. The van der Waals surface area contributed by atoms with Crippen LogP contribution in [0, 0.1) is 5.92 Å². The molecule has 1 N–H and O–H groups in total. The van der Waals surface area contributed by atoms with Crippen molar-refractivity contribution in [2.45, 2.75) is 6.92 Å². The summed E-state index contributed by atoms with van der Waals surface area (Å²) in [6, 6.07) is 6.65. The van der Waals surface area contributed by atoms with Crippen LogP contribution in [-0.4, -0.2) is 34.2 Å². The molecule has 0 bridgehead atoms. The van der Waals surface area contributed by atoms with Gasteiger partial charge in [-0.15, -0.1) is 0 Å². The van der Waals surface area contributed by atoms with E-state index in [-0.39, 0.29) is 23.4 Å². The lowest BCUT2D eigenvalue weighted by atomic mass is 9.97. The van der Waals surface area contributed by atoms with Crippen molar-refractivity contribution in [1.82, 2.24) is 0 Å². The second-order valence-electron chi connectivity index (χ2n) is 5.46. The van der Waals surface area contributed by atoms with E-state index in [0.717, 1.165) is 11.8 Å². The van der Waals surface area contributed by atoms with Crippen molar-refractivity contribution >= 4 is 45.9 Å². The topological polar surface area (TPSA) is 88.0 Å². The number of Topliss-reactive ketones (excluding diaryl/α,β-unsaturated/α-hetero) is 1. The van der Waals surface area contributed by atoms with Crippen LogP contribution < -0.4 is 5.32 Å². The number of amides is 2. The van der Waals surface area contributed by atoms with Gasteiger partial charge in [-0.3, -0.25) is 14.4 Å². The zero-order chi connectivity index (χ0) is 17.8. The number of amidine groups is 1. The van der Waals surface area contributed by atoms with Gasteiger partial charge in [0.15, 0.2) is 11.0 Å². The van der Waals surface area contributed by atoms with E-state index in [2.05, 4.69) is 15.3 Å². The van der Waals surface area contributed by atoms with E-state index >= 15 is 0 Å². The number of nitrogens with zero attached hydrogens (tertiary/aromatic N) is 2. The summed E-state index contributed by atoms with van der Waals surface area (Å²) in [4.78, 5) is 43.5. The summed E-state index contributed by atoms with van der Waals surface area (Å²) in [6.07, 6.45) is 7.15. The highest BCUT2D eigenvalue weighted by atomic mass is 32.2. The van der Waals surface area contributed by atoms with Crippen LogP contribution in [-0.2, 0) is 9.59 Å². The molecule has 1 aliphatic carbocycles. The summed E-state index contributed by atoms with van der Waals surface area (Å²) < 4.78 is 0. The molecular weight excluding hydrogens is 338 g/mol. The van der Waals surface area contributed by atoms with Crippen molar-refractivity contribution in [1.29, 1.82) is 0 Å². The maximum absolute atomic E-state index is 12.3. The minimum Gasteiger partial charge on any atom is -0.326 e. The molecule has 2 amide bonds. The van der Waals surface area contributed by atoms with Crippen LogP contribution >= 0.6 is 11.8 Å². The molecule has 0 spiro atoms. The van der Waals surface area contributed by atoms with Crippen LogP contribution in [0.1, 0.15) is 17.3 Å². The molecule has 1 aliphatic heterocycles. The van der Waals surface area contributed by atoms with Crippen LogP contribution in [0.2, 0.25) is 0 Å². The highest BCUT2D eigenvalue weighted by Crippen LogP contribution is 2.21. The van der Waals surface area contributed by atoms with Crippen LogP contribution in [0.15, 0.2) is 58.6 Å². The smallest absolute Gasteiger partial charge is 0.261 e. The lowest BCUT2D eigenvalue weighted by molar-refractivity contribution is -0.118. The fourth-order valence-electron chi connectivity index (χ4n) is 2.37. The Labute approximate surface area is 148 Å². The van der Waals surface area contributed by atoms with E-state index < -0.39 is 5.92 Å². The van der Waals surface area contributed by atoms with Crippen molar-refractivity contribution in [2.24, 2.45) is 15.9 Å². The number of thioether (sulfide) groups is 1. The molecule has 0 saturated heterocycles. The number of rotatable bonds is 4. The minimum atomic E-state index is -0.411. The van der Waals surface area contributed by atoms with Crippen molar-refractivity contribution in [3.8, 4) is 0 Å². The number of anilines is 1. The Hall–Kier alpha value is -2.80. The van der Waals surface area contributed by atoms with Gasteiger partial charge in [0, 0.05) is 18.2 Å². The van der Waals surface area contributed by atoms with Gasteiger partial charge in [-0.1, -0.05) is 30.0 Å². The van der Waals surface area contributed by atoms with Gasteiger partial charge in [0.25, 0.3) is 5.91 Å². The van der Waals surface area contributed by atoms with E-state index in [1.807, 2.05) is 6.08 Å². The van der Waals surface area contributed by atoms with Crippen LogP contribution in [0.4, 0.5) is 5.69 Å². The predicted molar refractivity (Wildman–Crippen MR) is 99.2 cm³/mol. The number of carbonyl (C=O) groups is 3. The number of aliphatic imine (C=N–C) groups is 2. The number of allylic oxidation sites excluding steroid dienone is 3. The Morgan fingerprint density at radius 3 is 2.64 bits per heavy atom. The van der Waals surface area contributed by atoms with E-state index in [9.17, 15) is 14.4 Å². The van der Waals surface area contributed by atoms with E-state index in [1.54, 1.807) is 42.5 Å². The molecule has 0 radical (unpaired) electrons. The van der Waals surface area contributed by atoms with Gasteiger partial charge < -0.3 is 5.32 Å². The largest absolute Gasteiger partial charge is 0.326 e. The van der Waals surface area contributed by atoms with Gasteiger partial charge in [-0.2, -0.15) is 4.99 Å². The first kappa shape index (κ1) is 17.0. The quantitative estimate of drug-likeness (QED) is 0.843. The Kier molecular flexibility index (Phi) is 5.04.